The van der Waals surface area contributed by atoms with Gasteiger partial charge in [0.1, 0.15) is 0 Å². The minimum Gasteiger partial charge on any atom is -0.358 e. The number of anilines is 2. The van der Waals surface area contributed by atoms with E-state index in [1.54, 1.807) is 12.3 Å². The second-order valence-corrected chi connectivity index (χ2v) is 4.76. The summed E-state index contributed by atoms with van der Waals surface area (Å²) in [7, 11) is 0. The van der Waals surface area contributed by atoms with Gasteiger partial charge in [-0.05, 0) is 36.8 Å². The minimum atomic E-state index is -4.36. The number of nitrogens with one attached hydrogen (secondary N) is 2. The lowest BCUT2D eigenvalue weighted by Gasteiger charge is -2.10. The number of hydrogen-bond acceptors (Lipinski definition) is 2. The number of benzene rings is 1. The molecular formula is C15H12F3N3. The molecular weight excluding hydrogens is 279 g/mol. The highest BCUT2D eigenvalue weighted by Gasteiger charge is 2.30. The van der Waals surface area contributed by atoms with Crippen molar-refractivity contribution in [2.24, 2.45) is 0 Å². The van der Waals surface area contributed by atoms with Gasteiger partial charge in [-0.1, -0.05) is 6.07 Å². The van der Waals surface area contributed by atoms with Crippen molar-refractivity contribution in [1.29, 1.82) is 0 Å². The first kappa shape index (κ1) is 13.5. The molecule has 0 spiro atoms. The van der Waals surface area contributed by atoms with Crippen molar-refractivity contribution < 1.29 is 13.2 Å². The third-order valence-corrected chi connectivity index (χ3v) is 3.26. The Morgan fingerprint density at radius 3 is 2.76 bits per heavy atom. The summed E-state index contributed by atoms with van der Waals surface area (Å²) in [6.07, 6.45) is -0.900. The molecule has 3 rings (SSSR count). The van der Waals surface area contributed by atoms with Gasteiger partial charge in [0.15, 0.2) is 5.82 Å². The molecule has 108 valence electrons. The third-order valence-electron chi connectivity index (χ3n) is 3.26. The maximum absolute atomic E-state index is 12.7. The Hall–Kier alpha value is -2.50. The van der Waals surface area contributed by atoms with Gasteiger partial charge in [0, 0.05) is 23.5 Å². The molecule has 0 saturated carbocycles. The Morgan fingerprint density at radius 2 is 2.00 bits per heavy atom. The van der Waals surface area contributed by atoms with E-state index in [0.717, 1.165) is 28.6 Å². The molecule has 2 aromatic heterocycles. The van der Waals surface area contributed by atoms with E-state index in [9.17, 15) is 13.2 Å². The van der Waals surface area contributed by atoms with Crippen LogP contribution in [0.3, 0.4) is 0 Å². The Morgan fingerprint density at radius 1 is 1.19 bits per heavy atom. The number of H-pyrrole nitrogens is 1. The van der Waals surface area contributed by atoms with Crippen LogP contribution in [0.1, 0.15) is 11.1 Å². The molecule has 0 aliphatic heterocycles. The number of nitrogens with zero attached hydrogens (tertiary/aromatic N) is 1. The number of pyridine rings is 1. The van der Waals surface area contributed by atoms with Gasteiger partial charge in [0.25, 0.3) is 0 Å². The normalized spacial score (nSPS) is 11.8. The lowest BCUT2D eigenvalue weighted by Crippen LogP contribution is -2.05. The van der Waals surface area contributed by atoms with Crippen molar-refractivity contribution in [1.82, 2.24) is 9.97 Å². The molecule has 0 unspecified atom stereocenters. The van der Waals surface area contributed by atoms with Crippen molar-refractivity contribution in [3.8, 4) is 0 Å². The second kappa shape index (κ2) is 4.80. The van der Waals surface area contributed by atoms with Gasteiger partial charge in [0.05, 0.1) is 11.1 Å². The van der Waals surface area contributed by atoms with Crippen LogP contribution in [0.25, 0.3) is 10.9 Å². The number of aromatic nitrogens is 2. The van der Waals surface area contributed by atoms with Gasteiger partial charge in [-0.3, -0.25) is 0 Å². The Balaban J connectivity index is 1.99. The smallest absolute Gasteiger partial charge is 0.358 e. The fourth-order valence-corrected chi connectivity index (χ4v) is 2.20. The zero-order valence-electron chi connectivity index (χ0n) is 11.1. The average Bonchev–Trinajstić information content (AvgIpc) is 2.81. The molecule has 0 aliphatic carbocycles. The summed E-state index contributed by atoms with van der Waals surface area (Å²) in [6, 6.07) is 6.91. The summed E-state index contributed by atoms with van der Waals surface area (Å²) < 4.78 is 38.1. The molecule has 2 heterocycles. The molecule has 1 aromatic carbocycles. The highest BCUT2D eigenvalue weighted by atomic mass is 19.4. The van der Waals surface area contributed by atoms with Crippen LogP contribution in [0.2, 0.25) is 0 Å². The molecule has 3 nitrogen and oxygen atoms in total. The molecule has 0 radical (unpaired) electrons. The van der Waals surface area contributed by atoms with Crippen LogP contribution < -0.4 is 5.32 Å². The van der Waals surface area contributed by atoms with Crippen molar-refractivity contribution in [3.05, 3.63) is 53.9 Å². The van der Waals surface area contributed by atoms with E-state index in [-0.39, 0.29) is 0 Å². The van der Waals surface area contributed by atoms with Crippen LogP contribution in [0, 0.1) is 6.92 Å². The molecule has 0 atom stereocenters. The van der Waals surface area contributed by atoms with Gasteiger partial charge in [0.2, 0.25) is 0 Å². The molecule has 3 aromatic rings. The Kier molecular flexibility index (Phi) is 3.08. The summed E-state index contributed by atoms with van der Waals surface area (Å²) in [5.41, 5.74) is 1.48. The van der Waals surface area contributed by atoms with Crippen molar-refractivity contribution in [3.63, 3.8) is 0 Å². The highest BCUT2D eigenvalue weighted by molar-refractivity contribution is 5.92. The van der Waals surface area contributed by atoms with E-state index in [2.05, 4.69) is 15.3 Å². The molecule has 0 fully saturated rings. The zero-order valence-corrected chi connectivity index (χ0v) is 11.1. The van der Waals surface area contributed by atoms with Gasteiger partial charge >= 0.3 is 6.18 Å². The van der Waals surface area contributed by atoms with Crippen LogP contribution in [0.15, 0.2) is 42.7 Å². The van der Waals surface area contributed by atoms with Gasteiger partial charge in [-0.25, -0.2) is 4.98 Å². The number of fused-ring (bicyclic) bond motifs is 1. The fraction of sp³-hybridized carbons (Fsp3) is 0.133. The van der Waals surface area contributed by atoms with E-state index < -0.39 is 11.7 Å². The maximum atomic E-state index is 12.7. The summed E-state index contributed by atoms with van der Waals surface area (Å²) >= 11 is 0. The van der Waals surface area contributed by atoms with E-state index in [4.69, 9.17) is 0 Å². The maximum Gasteiger partial charge on any atom is 0.416 e. The van der Waals surface area contributed by atoms with E-state index in [1.807, 2.05) is 19.2 Å². The largest absolute Gasteiger partial charge is 0.416 e. The van der Waals surface area contributed by atoms with Gasteiger partial charge in [-0.2, -0.15) is 13.2 Å². The van der Waals surface area contributed by atoms with Crippen molar-refractivity contribution >= 4 is 22.4 Å². The third kappa shape index (κ3) is 2.56. The number of halogens is 3. The van der Waals surface area contributed by atoms with Crippen LogP contribution in [-0.2, 0) is 6.18 Å². The molecule has 0 bridgehead atoms. The topological polar surface area (TPSA) is 40.7 Å². The molecule has 0 aliphatic rings. The highest BCUT2D eigenvalue weighted by Crippen LogP contribution is 2.32. The molecule has 0 saturated heterocycles. The van der Waals surface area contributed by atoms with Gasteiger partial charge < -0.3 is 10.3 Å². The van der Waals surface area contributed by atoms with E-state index >= 15 is 0 Å². The first-order chi connectivity index (χ1) is 9.95. The van der Waals surface area contributed by atoms with Crippen LogP contribution >= 0.6 is 0 Å². The summed E-state index contributed by atoms with van der Waals surface area (Å²) in [6.45, 7) is 1.95. The number of hydrogen-bond donors (Lipinski definition) is 2. The predicted molar refractivity (Wildman–Crippen MR) is 75.6 cm³/mol. The average molecular weight is 291 g/mol. The van der Waals surface area contributed by atoms with E-state index in [1.165, 1.54) is 6.07 Å². The Labute approximate surface area is 118 Å². The molecule has 0 amide bonds. The predicted octanol–water partition coefficient (Wildman–Crippen LogP) is 4.63. The minimum absolute atomic E-state index is 0.345. The lowest BCUT2D eigenvalue weighted by molar-refractivity contribution is -0.137. The van der Waals surface area contributed by atoms with Crippen LogP contribution in [0.5, 0.6) is 0 Å². The zero-order chi connectivity index (χ0) is 15.0. The van der Waals surface area contributed by atoms with Crippen molar-refractivity contribution in [2.75, 3.05) is 5.32 Å². The molecule has 21 heavy (non-hydrogen) atoms. The SMILES string of the molecule is Cc1c[nH]c2c(Nc3cccc(C(F)(F)F)c3)nccc12. The van der Waals surface area contributed by atoms with E-state index in [0.29, 0.717) is 11.5 Å². The second-order valence-electron chi connectivity index (χ2n) is 4.76. The molecule has 2 N–H and O–H groups in total. The number of aromatic amines is 1. The summed E-state index contributed by atoms with van der Waals surface area (Å²) in [5, 5.41) is 3.92. The summed E-state index contributed by atoms with van der Waals surface area (Å²) in [4.78, 5) is 7.26. The van der Waals surface area contributed by atoms with Gasteiger partial charge in [-0.15, -0.1) is 0 Å². The number of aryl methyl sites for hydroxylation is 1. The quantitative estimate of drug-likeness (QED) is 0.722. The molecule has 6 heteroatoms. The standard InChI is InChI=1S/C15H12F3N3/c1-9-8-20-13-12(9)5-6-19-14(13)21-11-4-2-3-10(7-11)15(16,17)18/h2-8,20H,1H3,(H,19,21). The number of alkyl halides is 3. The number of rotatable bonds is 2. The van der Waals surface area contributed by atoms with Crippen LogP contribution in [0.4, 0.5) is 24.7 Å². The first-order valence-corrected chi connectivity index (χ1v) is 6.32. The fourth-order valence-electron chi connectivity index (χ4n) is 2.20. The lowest BCUT2D eigenvalue weighted by atomic mass is 10.2. The Bertz CT molecular complexity index is 790. The monoisotopic (exact) mass is 291 g/mol. The van der Waals surface area contributed by atoms with Crippen LogP contribution in [-0.4, -0.2) is 9.97 Å². The van der Waals surface area contributed by atoms with Crippen molar-refractivity contribution in [2.45, 2.75) is 13.1 Å². The first-order valence-electron chi connectivity index (χ1n) is 6.32. The summed E-state index contributed by atoms with van der Waals surface area (Å²) in [5.74, 6) is 0.500.